The molecule has 744 valence electrons. The first kappa shape index (κ1) is 110. The van der Waals surface area contributed by atoms with E-state index in [1.165, 1.54) is 83.4 Å². The van der Waals surface area contributed by atoms with Gasteiger partial charge in [0.25, 0.3) is 0 Å². The molecule has 0 atom stereocenters. The summed E-state index contributed by atoms with van der Waals surface area (Å²) in [7, 11) is -11.3. The van der Waals surface area contributed by atoms with Crippen molar-refractivity contribution in [2.24, 2.45) is 15.4 Å². The number of anilines is 6. The van der Waals surface area contributed by atoms with Crippen molar-refractivity contribution < 1.29 is 81.3 Å². The number of carbonyl (C=O) groups is 3. The Labute approximate surface area is 836 Å². The number of aliphatic carboxylic acids is 3. The van der Waals surface area contributed by atoms with Crippen molar-refractivity contribution in [2.75, 3.05) is 16.0 Å². The molecule has 0 amide bonds. The smallest absolute Gasteiger partial charge is 0.435 e. The minimum absolute atomic E-state index is 0.0632. The number of carboxylic acids is 3. The highest BCUT2D eigenvalue weighted by molar-refractivity contribution is 7.89. The summed E-state index contributed by atoms with van der Waals surface area (Å²) in [6.45, 7) is 23.6. The number of halogens is 9. The Kier molecular flexibility index (Phi) is 37.8. The summed E-state index contributed by atoms with van der Waals surface area (Å²) in [6, 6.07) is 70.2. The van der Waals surface area contributed by atoms with E-state index < -0.39 is 77.3 Å². The maximum atomic E-state index is 14.2. The van der Waals surface area contributed by atoms with Crippen LogP contribution in [0, 0.1) is 59.0 Å². The van der Waals surface area contributed by atoms with Gasteiger partial charge < -0.3 is 31.3 Å². The SMILES string of the molecule is CCc1c(C)nn(-c2ccc(S(N)(=O)=O)cc2)c1-c1ccc(C)cc1.CCc1cc(-c2ccc(C)cc2)n(-c2ccc(S(N)(=O)=O)cc2)n1.CCc1cc(Cl)c(Nc2ccc(C)cc2CC(=O)O)c(Cl)c1.CCc1cc(F)c(Nc2ccc(C)cc2CC(=O)O)c(Cl)c1.CCc1cc(F)c(Nc2ccc(C)cc2CC(=O)O)c(F)c1.CCc1ccc(-c2cc(C(F)(F)F)nn2-c2ccc(S(N)(=O)=O)cc2)cc1. The van der Waals surface area contributed by atoms with Gasteiger partial charge in [0.1, 0.15) is 23.1 Å². The largest absolute Gasteiger partial charge is 0.481 e. The molecule has 3 heterocycles. The first-order chi connectivity index (χ1) is 67.0. The predicted molar refractivity (Wildman–Crippen MR) is 548 cm³/mol. The molecular weight excluding hydrogens is 1950 g/mol. The zero-order chi connectivity index (χ0) is 104. The van der Waals surface area contributed by atoms with Crippen molar-refractivity contribution in [3.05, 3.63) is 371 Å². The van der Waals surface area contributed by atoms with E-state index in [0.717, 1.165) is 115 Å². The number of aromatic nitrogens is 6. The Morgan fingerprint density at radius 3 is 1.02 bits per heavy atom. The number of carboxylic acid groups (broad SMARTS) is 3. The number of nitrogens with two attached hydrogens (primary N) is 3. The second-order valence-corrected chi connectivity index (χ2v) is 39.0. The zero-order valence-corrected chi connectivity index (χ0v) is 84.3. The third-order valence-corrected chi connectivity index (χ3v) is 26.0. The lowest BCUT2D eigenvalue weighted by atomic mass is 10.0. The first-order valence-electron chi connectivity index (χ1n) is 44.7. The van der Waals surface area contributed by atoms with Gasteiger partial charge >= 0.3 is 24.1 Å². The fourth-order valence-corrected chi connectivity index (χ4v) is 17.2. The van der Waals surface area contributed by atoms with Gasteiger partial charge in [0, 0.05) is 39.3 Å². The molecule has 0 fully saturated rings. The second-order valence-electron chi connectivity index (χ2n) is 33.1. The average Bonchev–Trinajstić information content (AvgIpc) is 1.68. The molecule has 0 unspecified atom stereocenters. The lowest BCUT2D eigenvalue weighted by Crippen LogP contribution is -2.12. The van der Waals surface area contributed by atoms with E-state index in [2.05, 4.69) is 107 Å². The normalized spacial score (nSPS) is 11.3. The highest BCUT2D eigenvalue weighted by Gasteiger charge is 2.36. The Morgan fingerprint density at radius 1 is 0.352 bits per heavy atom. The van der Waals surface area contributed by atoms with Crippen LogP contribution in [0.4, 0.5) is 60.5 Å². The van der Waals surface area contributed by atoms with Gasteiger partial charge in [-0.15, -0.1) is 0 Å². The average molecular weight is 2060 g/mol. The molecule has 0 saturated carbocycles. The number of sulfonamides is 3. The molecule has 3 aromatic heterocycles. The van der Waals surface area contributed by atoms with E-state index >= 15 is 0 Å². The summed E-state index contributed by atoms with van der Waals surface area (Å²) < 4.78 is 155. The lowest BCUT2D eigenvalue weighted by molar-refractivity contribution is -0.141. The van der Waals surface area contributed by atoms with Crippen molar-refractivity contribution >= 4 is 117 Å². The van der Waals surface area contributed by atoms with Crippen molar-refractivity contribution in [3.8, 4) is 50.8 Å². The topological polar surface area (TPSA) is 382 Å². The lowest BCUT2D eigenvalue weighted by Gasteiger charge is -2.15. The Hall–Kier alpha value is -13.7. The van der Waals surface area contributed by atoms with Gasteiger partial charge in [-0.1, -0.05) is 213 Å². The summed E-state index contributed by atoms with van der Waals surface area (Å²) >= 11 is 18.7. The quantitative estimate of drug-likeness (QED) is 0.0216. The molecule has 15 aromatic rings. The minimum atomic E-state index is -4.61. The van der Waals surface area contributed by atoms with Gasteiger partial charge in [0.2, 0.25) is 30.1 Å². The summed E-state index contributed by atoms with van der Waals surface area (Å²) in [6.07, 6.45) is -0.482. The highest BCUT2D eigenvalue weighted by atomic mass is 35.5. The molecule has 36 heteroatoms. The molecule has 142 heavy (non-hydrogen) atoms. The summed E-state index contributed by atoms with van der Waals surface area (Å²) in [5.41, 5.74) is 21.4. The maximum absolute atomic E-state index is 14.2. The Morgan fingerprint density at radius 2 is 0.669 bits per heavy atom. The van der Waals surface area contributed by atoms with E-state index in [-0.39, 0.29) is 61.7 Å². The summed E-state index contributed by atoms with van der Waals surface area (Å²) in [5, 5.41) is 65.4. The number of primary sulfonamides is 3. The number of hydrogen-bond acceptors (Lipinski definition) is 15. The fraction of sp³-hybridized carbons (Fsp3) is 0.208. The van der Waals surface area contributed by atoms with Crippen molar-refractivity contribution in [1.29, 1.82) is 0 Å². The van der Waals surface area contributed by atoms with E-state index in [9.17, 15) is 66.0 Å². The standard InChI is InChI=1S/C19H21N3O2S.C18H16F3N3O2S.C18H19N3O2S.C17H17Cl2NO2.C17H17ClFNO2.C17H17F2NO2/c1-4-18-14(3)21-22(19(18)15-7-5-13(2)6-8-15)16-9-11-17(12-10-16)25(20,23)24;1-2-12-3-5-13(6-4-12)16-11-17(18(19,20)21)23-24(16)14-7-9-15(10-8-14)27(22,25)26;1-3-15-12-18(14-6-4-13(2)5-7-14)21(20-15)16-8-10-17(11-9-16)24(19,22)23;3*1-3-11-7-13(18)17(14(19)8-11)20-15-5-4-10(2)6-12(15)9-16(21)22/h5-12H,4H2,1-3H3,(H2,20,23,24);3-11H,2H2,1H3,(H2,22,25,26);4-12H,3H2,1-2H3,(H2,19,22,23);3*4-8,20H,3,9H2,1-2H3,(H,21,22). The number of aryl methyl sites for hydroxylation is 11. The third kappa shape index (κ3) is 29.9. The van der Waals surface area contributed by atoms with Crippen molar-refractivity contribution in [1.82, 2.24) is 29.3 Å². The molecule has 24 nitrogen and oxygen atoms in total. The van der Waals surface area contributed by atoms with E-state index in [1.54, 1.807) is 72.8 Å². The van der Waals surface area contributed by atoms with Gasteiger partial charge in [0.15, 0.2) is 5.69 Å². The van der Waals surface area contributed by atoms with Crippen molar-refractivity contribution in [3.63, 3.8) is 0 Å². The molecule has 0 aliphatic heterocycles. The number of rotatable bonds is 27. The monoisotopic (exact) mass is 2050 g/mol. The van der Waals surface area contributed by atoms with Crippen LogP contribution in [-0.4, -0.2) is 87.8 Å². The molecule has 15 rings (SSSR count). The van der Waals surface area contributed by atoms with Crippen molar-refractivity contribution in [2.45, 2.75) is 162 Å². The predicted octanol–water partition coefficient (Wildman–Crippen LogP) is 24.4. The van der Waals surface area contributed by atoms with E-state index in [4.69, 9.17) is 65.5 Å². The minimum Gasteiger partial charge on any atom is -0.481 e. The molecule has 0 saturated heterocycles. The molecule has 0 spiro atoms. The van der Waals surface area contributed by atoms with Crippen LogP contribution >= 0.6 is 34.8 Å². The van der Waals surface area contributed by atoms with Crippen LogP contribution in [0.5, 0.6) is 0 Å². The maximum Gasteiger partial charge on any atom is 0.435 e. The van der Waals surface area contributed by atoms with Crippen LogP contribution in [0.25, 0.3) is 50.8 Å². The van der Waals surface area contributed by atoms with Crippen LogP contribution < -0.4 is 31.4 Å². The van der Waals surface area contributed by atoms with Crippen LogP contribution in [0.15, 0.2) is 263 Å². The van der Waals surface area contributed by atoms with E-state index in [0.29, 0.717) is 73.5 Å². The van der Waals surface area contributed by atoms with Gasteiger partial charge in [-0.2, -0.15) is 28.5 Å². The highest BCUT2D eigenvalue weighted by Crippen LogP contribution is 2.40. The molecular formula is C106H107Cl3F6N12O12S3. The molecule has 0 aliphatic rings. The second kappa shape index (κ2) is 48.6. The molecule has 12 aromatic carbocycles. The fourth-order valence-electron chi connectivity index (χ4n) is 14.8. The van der Waals surface area contributed by atoms with Crippen LogP contribution in [0.2, 0.25) is 15.1 Å². The number of alkyl halides is 3. The molecule has 0 bridgehead atoms. The number of nitrogens with zero attached hydrogens (tertiary/aromatic N) is 6. The van der Waals surface area contributed by atoms with Gasteiger partial charge in [-0.05, 0) is 259 Å². The Balaban J connectivity index is 0.000000175. The van der Waals surface area contributed by atoms with Crippen LogP contribution in [0.3, 0.4) is 0 Å². The summed E-state index contributed by atoms with van der Waals surface area (Å²) in [4.78, 5) is 33.0. The number of nitrogens with one attached hydrogen (secondary N) is 3. The first-order valence-corrected chi connectivity index (χ1v) is 50.4. The molecule has 0 radical (unpaired) electrons. The van der Waals surface area contributed by atoms with E-state index in [1.807, 2.05) is 120 Å². The van der Waals surface area contributed by atoms with Gasteiger partial charge in [-0.25, -0.2) is 67.9 Å². The van der Waals surface area contributed by atoms with Gasteiger partial charge in [-0.3, -0.25) is 14.4 Å². The van der Waals surface area contributed by atoms with Crippen LogP contribution in [0.1, 0.15) is 131 Å². The molecule has 12 N–H and O–H groups in total. The zero-order valence-electron chi connectivity index (χ0n) is 79.6. The molecule has 0 aliphatic carbocycles. The Bertz CT molecular complexity index is 7060. The summed E-state index contributed by atoms with van der Waals surface area (Å²) in [5.74, 6) is -4.67. The van der Waals surface area contributed by atoms with Gasteiger partial charge in [0.05, 0.1) is 106 Å². The number of hydrogen-bond donors (Lipinski definition) is 9. The third-order valence-electron chi connectivity index (χ3n) is 22.3. The number of benzene rings is 12. The van der Waals surface area contributed by atoms with Crippen LogP contribution in [-0.2, 0) is 108 Å².